The maximum Gasteiger partial charge on any atom is 0.242 e. The van der Waals surface area contributed by atoms with E-state index in [4.69, 9.17) is 11.6 Å². The molecule has 132 valence electrons. The fourth-order valence-corrected chi connectivity index (χ4v) is 2.51. The molecule has 1 N–H and O–H groups in total. The van der Waals surface area contributed by atoms with E-state index in [0.29, 0.717) is 11.6 Å². The average molecular weight is 363 g/mol. The van der Waals surface area contributed by atoms with Gasteiger partial charge in [-0.05, 0) is 42.3 Å². The normalized spacial score (nSPS) is 11.7. The van der Waals surface area contributed by atoms with Crippen LogP contribution in [0.5, 0.6) is 0 Å². The van der Waals surface area contributed by atoms with Gasteiger partial charge in [0.05, 0.1) is 0 Å². The van der Waals surface area contributed by atoms with Crippen LogP contribution in [0.4, 0.5) is 4.39 Å². The molecule has 0 saturated carbocycles. The first-order valence-corrected chi connectivity index (χ1v) is 8.28. The van der Waals surface area contributed by atoms with E-state index in [2.05, 4.69) is 5.32 Å². The zero-order valence-electron chi connectivity index (χ0n) is 14.1. The molecular formula is C19H20ClFN2O2. The number of carbonyl (C=O) groups excluding carboxylic acids is 2. The summed E-state index contributed by atoms with van der Waals surface area (Å²) in [5.41, 5.74) is 1.67. The van der Waals surface area contributed by atoms with Crippen molar-refractivity contribution < 1.29 is 14.0 Å². The minimum Gasteiger partial charge on any atom is -0.350 e. The molecule has 0 bridgehead atoms. The zero-order chi connectivity index (χ0) is 18.4. The highest BCUT2D eigenvalue weighted by Gasteiger charge is 2.23. The Labute approximate surface area is 151 Å². The van der Waals surface area contributed by atoms with E-state index in [9.17, 15) is 14.0 Å². The zero-order valence-corrected chi connectivity index (χ0v) is 14.9. The number of amides is 2. The Kier molecular flexibility index (Phi) is 6.53. The third-order valence-electron chi connectivity index (χ3n) is 3.90. The lowest BCUT2D eigenvalue weighted by Gasteiger charge is -2.27. The molecule has 2 aromatic carbocycles. The number of halogens is 2. The van der Waals surface area contributed by atoms with Gasteiger partial charge in [0.1, 0.15) is 11.9 Å². The second-order valence-corrected chi connectivity index (χ2v) is 6.23. The number of benzene rings is 2. The largest absolute Gasteiger partial charge is 0.350 e. The fraction of sp³-hybridized carbons (Fsp3) is 0.263. The summed E-state index contributed by atoms with van der Waals surface area (Å²) in [7, 11) is 0. The van der Waals surface area contributed by atoms with E-state index in [-0.39, 0.29) is 24.2 Å². The van der Waals surface area contributed by atoms with Crippen LogP contribution in [-0.2, 0) is 22.7 Å². The molecule has 0 aliphatic rings. The van der Waals surface area contributed by atoms with Crippen LogP contribution in [0.2, 0.25) is 5.02 Å². The van der Waals surface area contributed by atoms with Crippen LogP contribution >= 0.6 is 11.6 Å². The second kappa shape index (κ2) is 8.62. The molecule has 2 rings (SSSR count). The molecule has 0 heterocycles. The quantitative estimate of drug-likeness (QED) is 0.854. The molecule has 25 heavy (non-hydrogen) atoms. The number of rotatable bonds is 6. The van der Waals surface area contributed by atoms with Crippen LogP contribution in [0.1, 0.15) is 25.0 Å². The summed E-state index contributed by atoms with van der Waals surface area (Å²) in [4.78, 5) is 25.8. The summed E-state index contributed by atoms with van der Waals surface area (Å²) >= 11 is 5.83. The van der Waals surface area contributed by atoms with Gasteiger partial charge in [-0.3, -0.25) is 9.59 Å². The van der Waals surface area contributed by atoms with Gasteiger partial charge in [0, 0.05) is 25.0 Å². The van der Waals surface area contributed by atoms with Gasteiger partial charge in [-0.15, -0.1) is 0 Å². The summed E-state index contributed by atoms with van der Waals surface area (Å²) in [5, 5.41) is 3.44. The van der Waals surface area contributed by atoms with Crippen molar-refractivity contribution in [2.75, 3.05) is 0 Å². The average Bonchev–Trinajstić information content (AvgIpc) is 2.59. The Morgan fingerprint density at radius 1 is 1.08 bits per heavy atom. The summed E-state index contributed by atoms with van der Waals surface area (Å²) < 4.78 is 13.0. The van der Waals surface area contributed by atoms with Gasteiger partial charge in [0.15, 0.2) is 0 Å². The fourth-order valence-electron chi connectivity index (χ4n) is 2.39. The molecule has 0 aliphatic carbocycles. The first-order chi connectivity index (χ1) is 11.9. The van der Waals surface area contributed by atoms with Crippen molar-refractivity contribution in [2.24, 2.45) is 0 Å². The van der Waals surface area contributed by atoms with Crippen LogP contribution in [-0.4, -0.2) is 22.8 Å². The Bertz CT molecular complexity index is 732. The maximum atomic E-state index is 13.0. The molecule has 4 nitrogen and oxygen atoms in total. The lowest BCUT2D eigenvalue weighted by atomic mass is 10.1. The van der Waals surface area contributed by atoms with Crippen molar-refractivity contribution >= 4 is 23.4 Å². The highest BCUT2D eigenvalue weighted by atomic mass is 35.5. The number of hydrogen-bond acceptors (Lipinski definition) is 2. The maximum absolute atomic E-state index is 13.0. The molecule has 0 aromatic heterocycles. The Balaban J connectivity index is 1.99. The first-order valence-electron chi connectivity index (χ1n) is 7.90. The molecule has 0 aliphatic heterocycles. The molecule has 2 aromatic rings. The van der Waals surface area contributed by atoms with Crippen molar-refractivity contribution in [3.8, 4) is 0 Å². The molecule has 0 unspecified atom stereocenters. The highest BCUT2D eigenvalue weighted by Crippen LogP contribution is 2.12. The van der Waals surface area contributed by atoms with E-state index in [1.807, 2.05) is 12.1 Å². The van der Waals surface area contributed by atoms with E-state index < -0.39 is 6.04 Å². The van der Waals surface area contributed by atoms with Crippen LogP contribution in [0.3, 0.4) is 0 Å². The molecule has 0 fully saturated rings. The molecule has 2 amide bonds. The van der Waals surface area contributed by atoms with Gasteiger partial charge in [-0.25, -0.2) is 4.39 Å². The Morgan fingerprint density at radius 3 is 2.20 bits per heavy atom. The lowest BCUT2D eigenvalue weighted by molar-refractivity contribution is -0.139. The minimum absolute atomic E-state index is 0.224. The van der Waals surface area contributed by atoms with Crippen LogP contribution < -0.4 is 5.32 Å². The van der Waals surface area contributed by atoms with Gasteiger partial charge in [0.25, 0.3) is 0 Å². The van der Waals surface area contributed by atoms with Crippen molar-refractivity contribution in [3.63, 3.8) is 0 Å². The molecular weight excluding hydrogens is 343 g/mol. The number of carbonyl (C=O) groups is 2. The summed E-state index contributed by atoms with van der Waals surface area (Å²) in [5.74, 6) is -0.822. The van der Waals surface area contributed by atoms with Crippen molar-refractivity contribution in [3.05, 3.63) is 70.5 Å². The topological polar surface area (TPSA) is 49.4 Å². The molecule has 0 radical (unpaired) electrons. The third kappa shape index (κ3) is 5.57. The van der Waals surface area contributed by atoms with E-state index in [1.165, 1.54) is 24.0 Å². The first kappa shape index (κ1) is 18.9. The van der Waals surface area contributed by atoms with Crippen LogP contribution in [0.15, 0.2) is 48.5 Å². The number of hydrogen-bond donors (Lipinski definition) is 1. The van der Waals surface area contributed by atoms with Gasteiger partial charge >= 0.3 is 0 Å². The Morgan fingerprint density at radius 2 is 1.64 bits per heavy atom. The van der Waals surface area contributed by atoms with Gasteiger partial charge < -0.3 is 10.2 Å². The predicted molar refractivity (Wildman–Crippen MR) is 95.4 cm³/mol. The van der Waals surface area contributed by atoms with Gasteiger partial charge in [-0.2, -0.15) is 0 Å². The van der Waals surface area contributed by atoms with Gasteiger partial charge in [-0.1, -0.05) is 35.9 Å². The van der Waals surface area contributed by atoms with Crippen molar-refractivity contribution in [1.82, 2.24) is 10.2 Å². The SMILES string of the molecule is CC(=O)N(Cc1ccc(F)cc1)[C@H](C)C(=O)NCc1ccc(Cl)cc1. The number of nitrogens with zero attached hydrogens (tertiary/aromatic N) is 1. The smallest absolute Gasteiger partial charge is 0.242 e. The molecule has 6 heteroatoms. The summed E-state index contributed by atoms with van der Waals surface area (Å²) in [6.07, 6.45) is 0. The van der Waals surface area contributed by atoms with Crippen molar-refractivity contribution in [1.29, 1.82) is 0 Å². The van der Waals surface area contributed by atoms with Crippen LogP contribution in [0, 0.1) is 5.82 Å². The summed E-state index contributed by atoms with van der Waals surface area (Å²) in [6.45, 7) is 3.67. The third-order valence-corrected chi connectivity index (χ3v) is 4.15. The predicted octanol–water partition coefficient (Wildman–Crippen LogP) is 3.53. The molecule has 0 saturated heterocycles. The molecule has 1 atom stereocenters. The number of nitrogens with one attached hydrogen (secondary N) is 1. The summed E-state index contributed by atoms with van der Waals surface area (Å²) in [6, 6.07) is 12.4. The van der Waals surface area contributed by atoms with E-state index in [0.717, 1.165) is 11.1 Å². The molecule has 0 spiro atoms. The van der Waals surface area contributed by atoms with Crippen molar-refractivity contribution in [2.45, 2.75) is 33.0 Å². The lowest BCUT2D eigenvalue weighted by Crippen LogP contribution is -2.46. The van der Waals surface area contributed by atoms with Crippen LogP contribution in [0.25, 0.3) is 0 Å². The highest BCUT2D eigenvalue weighted by molar-refractivity contribution is 6.30. The van der Waals surface area contributed by atoms with E-state index in [1.54, 1.807) is 31.2 Å². The van der Waals surface area contributed by atoms with E-state index >= 15 is 0 Å². The monoisotopic (exact) mass is 362 g/mol. The standard InChI is InChI=1S/C19H20ClFN2O2/c1-13(19(25)22-11-15-3-7-17(20)8-4-15)23(14(2)24)12-16-5-9-18(21)10-6-16/h3-10,13H,11-12H2,1-2H3,(H,22,25)/t13-/m1/s1. The second-order valence-electron chi connectivity index (χ2n) is 5.79. The minimum atomic E-state index is -0.644. The van der Waals surface area contributed by atoms with Gasteiger partial charge in [0.2, 0.25) is 11.8 Å². The Hall–Kier alpha value is -2.40.